The molecule has 0 saturated carbocycles. The lowest BCUT2D eigenvalue weighted by Gasteiger charge is -2.26. The van der Waals surface area contributed by atoms with Crippen molar-refractivity contribution in [1.29, 1.82) is 0 Å². The number of carboxylic acid groups (broad SMARTS) is 1. The number of carboxylic acids is 1. The number of aromatic carboxylic acids is 1. The van der Waals surface area contributed by atoms with Crippen molar-refractivity contribution in [3.8, 4) is 17.0 Å². The van der Waals surface area contributed by atoms with E-state index < -0.39 is 5.97 Å². The topological polar surface area (TPSA) is 64.3 Å². The van der Waals surface area contributed by atoms with Gasteiger partial charge in [-0.25, -0.2) is 4.79 Å². The molecule has 0 bridgehead atoms. The van der Waals surface area contributed by atoms with Gasteiger partial charge in [0.1, 0.15) is 5.75 Å². The molecule has 1 heterocycles. The van der Waals surface area contributed by atoms with Crippen LogP contribution in [0.1, 0.15) is 45.6 Å². The molecule has 5 nitrogen and oxygen atoms in total. The first-order valence-corrected chi connectivity index (χ1v) is 7.92. The lowest BCUT2D eigenvalue weighted by molar-refractivity contribution is 0.0689. The molecule has 3 rings (SSSR count). The Morgan fingerprint density at radius 1 is 1.22 bits per heavy atom. The largest absolute Gasteiger partial charge is 0.496 e. The summed E-state index contributed by atoms with van der Waals surface area (Å²) in [6, 6.07) is 1.63. The molecule has 0 fully saturated rings. The average molecular weight is 314 g/mol. The number of hydrogen-bond acceptors (Lipinski definition) is 3. The molecule has 0 amide bonds. The summed E-state index contributed by atoms with van der Waals surface area (Å²) in [5.74, 6) is -0.179. The first-order valence-electron chi connectivity index (χ1n) is 7.92. The van der Waals surface area contributed by atoms with Crippen LogP contribution in [-0.4, -0.2) is 28.0 Å². The average Bonchev–Trinajstić information content (AvgIpc) is 2.92. The van der Waals surface area contributed by atoms with Gasteiger partial charge in [0.2, 0.25) is 0 Å². The summed E-state index contributed by atoms with van der Waals surface area (Å²) in [7, 11) is 3.45. The fourth-order valence-corrected chi connectivity index (χ4v) is 3.75. The highest BCUT2D eigenvalue weighted by molar-refractivity contribution is 5.88. The summed E-state index contributed by atoms with van der Waals surface area (Å²) >= 11 is 0. The number of hydrogen-bond donors (Lipinski definition) is 1. The molecule has 23 heavy (non-hydrogen) atoms. The standard InChI is InChI=1S/C18H22N2O3/c1-10-12-7-5-6-8-13(12)11(2)17(23-4)16(10)15-9-14(18(21)22)19-20(15)3/h9H,5-8H2,1-4H3,(H,21,22). The smallest absolute Gasteiger partial charge is 0.356 e. The summed E-state index contributed by atoms with van der Waals surface area (Å²) in [5.41, 5.74) is 6.95. The van der Waals surface area contributed by atoms with Crippen LogP contribution in [0.25, 0.3) is 11.3 Å². The third kappa shape index (κ3) is 2.40. The summed E-state index contributed by atoms with van der Waals surface area (Å²) in [5, 5.41) is 13.3. The minimum absolute atomic E-state index is 0.0549. The highest BCUT2D eigenvalue weighted by Gasteiger charge is 2.25. The summed E-state index contributed by atoms with van der Waals surface area (Å²) in [6.07, 6.45) is 4.57. The van der Waals surface area contributed by atoms with E-state index in [9.17, 15) is 9.90 Å². The maximum absolute atomic E-state index is 11.2. The van der Waals surface area contributed by atoms with E-state index >= 15 is 0 Å². The zero-order valence-electron chi connectivity index (χ0n) is 14.1. The molecule has 0 spiro atoms. The van der Waals surface area contributed by atoms with Gasteiger partial charge in [-0.05, 0) is 67.9 Å². The zero-order valence-corrected chi connectivity index (χ0v) is 14.1. The molecular weight excluding hydrogens is 292 g/mol. The van der Waals surface area contributed by atoms with Crippen LogP contribution in [0.5, 0.6) is 5.75 Å². The molecule has 1 aromatic heterocycles. The van der Waals surface area contributed by atoms with E-state index in [-0.39, 0.29) is 5.69 Å². The Labute approximate surface area is 135 Å². The van der Waals surface area contributed by atoms with Crippen molar-refractivity contribution in [3.05, 3.63) is 34.0 Å². The number of aryl methyl sites for hydroxylation is 1. The van der Waals surface area contributed by atoms with Gasteiger partial charge in [0, 0.05) is 12.6 Å². The molecule has 1 aliphatic carbocycles. The predicted molar refractivity (Wildman–Crippen MR) is 88.3 cm³/mol. The first-order chi connectivity index (χ1) is 11.0. The van der Waals surface area contributed by atoms with Crippen molar-refractivity contribution >= 4 is 5.97 Å². The number of benzene rings is 1. The predicted octanol–water partition coefficient (Wildman–Crippen LogP) is 3.29. The molecule has 0 aliphatic heterocycles. The second-order valence-electron chi connectivity index (χ2n) is 6.17. The number of rotatable bonds is 3. The molecule has 1 N–H and O–H groups in total. The maximum Gasteiger partial charge on any atom is 0.356 e. The third-order valence-corrected chi connectivity index (χ3v) is 4.88. The van der Waals surface area contributed by atoms with Gasteiger partial charge in [-0.1, -0.05) is 0 Å². The summed E-state index contributed by atoms with van der Waals surface area (Å²) in [4.78, 5) is 11.2. The Balaban J connectivity index is 2.31. The van der Waals surface area contributed by atoms with Gasteiger partial charge in [0.05, 0.1) is 12.8 Å². The highest BCUT2D eigenvalue weighted by Crippen LogP contribution is 2.42. The Morgan fingerprint density at radius 2 is 1.83 bits per heavy atom. The van der Waals surface area contributed by atoms with E-state index in [1.165, 1.54) is 35.1 Å². The van der Waals surface area contributed by atoms with Crippen molar-refractivity contribution in [3.63, 3.8) is 0 Å². The van der Waals surface area contributed by atoms with Crippen molar-refractivity contribution < 1.29 is 14.6 Å². The molecule has 5 heteroatoms. The molecule has 0 atom stereocenters. The molecule has 2 aromatic rings. The fourth-order valence-electron chi connectivity index (χ4n) is 3.75. The van der Waals surface area contributed by atoms with Crippen LogP contribution in [0.2, 0.25) is 0 Å². The van der Waals surface area contributed by atoms with Crippen LogP contribution >= 0.6 is 0 Å². The van der Waals surface area contributed by atoms with Crippen LogP contribution in [0.3, 0.4) is 0 Å². The summed E-state index contributed by atoms with van der Waals surface area (Å²) < 4.78 is 7.34. The Bertz CT molecular complexity index is 790. The van der Waals surface area contributed by atoms with Crippen molar-refractivity contribution in [2.24, 2.45) is 7.05 Å². The minimum Gasteiger partial charge on any atom is -0.496 e. The molecule has 1 aliphatic rings. The van der Waals surface area contributed by atoms with Gasteiger partial charge in [-0.15, -0.1) is 0 Å². The summed E-state index contributed by atoms with van der Waals surface area (Å²) in [6.45, 7) is 4.20. The Morgan fingerprint density at radius 3 is 2.35 bits per heavy atom. The molecule has 0 saturated heterocycles. The van der Waals surface area contributed by atoms with E-state index in [1.54, 1.807) is 24.9 Å². The van der Waals surface area contributed by atoms with E-state index in [2.05, 4.69) is 18.9 Å². The molecular formula is C18H22N2O3. The molecule has 0 radical (unpaired) electrons. The molecule has 122 valence electrons. The first kappa shape index (κ1) is 15.6. The number of fused-ring (bicyclic) bond motifs is 1. The van der Waals surface area contributed by atoms with Crippen LogP contribution in [-0.2, 0) is 19.9 Å². The van der Waals surface area contributed by atoms with E-state index in [1.807, 2.05) is 0 Å². The van der Waals surface area contributed by atoms with E-state index in [4.69, 9.17) is 4.74 Å². The zero-order chi connectivity index (χ0) is 16.7. The second-order valence-corrected chi connectivity index (χ2v) is 6.17. The van der Waals surface area contributed by atoms with Crippen molar-refractivity contribution in [1.82, 2.24) is 9.78 Å². The van der Waals surface area contributed by atoms with Crippen LogP contribution in [0, 0.1) is 13.8 Å². The van der Waals surface area contributed by atoms with Crippen molar-refractivity contribution in [2.75, 3.05) is 7.11 Å². The van der Waals surface area contributed by atoms with Gasteiger partial charge in [0.25, 0.3) is 0 Å². The van der Waals surface area contributed by atoms with Gasteiger partial charge in [-0.3, -0.25) is 4.68 Å². The number of aromatic nitrogens is 2. The Hall–Kier alpha value is -2.30. The van der Waals surface area contributed by atoms with E-state index in [0.29, 0.717) is 0 Å². The lowest BCUT2D eigenvalue weighted by Crippen LogP contribution is -2.11. The van der Waals surface area contributed by atoms with Crippen molar-refractivity contribution in [2.45, 2.75) is 39.5 Å². The quantitative estimate of drug-likeness (QED) is 0.944. The number of nitrogens with zero attached hydrogens (tertiary/aromatic N) is 2. The Kier molecular flexibility index (Phi) is 3.88. The van der Waals surface area contributed by atoms with Crippen LogP contribution in [0.15, 0.2) is 6.07 Å². The third-order valence-electron chi connectivity index (χ3n) is 4.88. The number of carbonyl (C=O) groups is 1. The van der Waals surface area contributed by atoms with Crippen LogP contribution in [0.4, 0.5) is 0 Å². The maximum atomic E-state index is 11.2. The minimum atomic E-state index is -1.02. The fraction of sp³-hybridized carbons (Fsp3) is 0.444. The molecule has 0 unspecified atom stereocenters. The van der Waals surface area contributed by atoms with E-state index in [0.717, 1.165) is 29.8 Å². The highest BCUT2D eigenvalue weighted by atomic mass is 16.5. The van der Waals surface area contributed by atoms with Gasteiger partial charge < -0.3 is 9.84 Å². The monoisotopic (exact) mass is 314 g/mol. The molecule has 1 aromatic carbocycles. The van der Waals surface area contributed by atoms with Gasteiger partial charge in [-0.2, -0.15) is 5.10 Å². The lowest BCUT2D eigenvalue weighted by atomic mass is 9.82. The number of methoxy groups -OCH3 is 1. The number of ether oxygens (including phenoxy) is 1. The second kappa shape index (κ2) is 5.72. The van der Waals surface area contributed by atoms with Crippen LogP contribution < -0.4 is 4.74 Å². The van der Waals surface area contributed by atoms with Gasteiger partial charge in [0.15, 0.2) is 5.69 Å². The SMILES string of the molecule is COc1c(C)c2c(c(C)c1-c1cc(C(=O)O)nn1C)CCCC2. The van der Waals surface area contributed by atoms with Gasteiger partial charge >= 0.3 is 5.97 Å². The normalized spacial score (nSPS) is 13.7.